The summed E-state index contributed by atoms with van der Waals surface area (Å²) in [6.07, 6.45) is 2.47. The third-order valence-electron chi connectivity index (χ3n) is 3.81. The lowest BCUT2D eigenvalue weighted by Gasteiger charge is -2.10. The molecule has 1 fully saturated rings. The van der Waals surface area contributed by atoms with Gasteiger partial charge in [0.15, 0.2) is 5.75 Å². The summed E-state index contributed by atoms with van der Waals surface area (Å²) < 4.78 is 0. The van der Waals surface area contributed by atoms with E-state index >= 15 is 0 Å². The van der Waals surface area contributed by atoms with Gasteiger partial charge in [0.25, 0.3) is 0 Å². The van der Waals surface area contributed by atoms with E-state index in [-0.39, 0.29) is 5.91 Å². The summed E-state index contributed by atoms with van der Waals surface area (Å²) in [5, 5.41) is 2.72. The molecule has 0 aromatic heterocycles. The maximum Gasteiger partial charge on any atom is 0.221 e. The SMILES string of the molecule is CC(=O)Nc1ccc(NOc2ccc(C(C)=C3CC3)cc2)cc1. The first-order valence-corrected chi connectivity index (χ1v) is 7.71. The van der Waals surface area contributed by atoms with Crippen LogP contribution in [-0.2, 0) is 4.79 Å². The minimum atomic E-state index is -0.0847. The zero-order valence-corrected chi connectivity index (χ0v) is 13.3. The van der Waals surface area contributed by atoms with E-state index in [1.807, 2.05) is 36.4 Å². The molecule has 0 unspecified atom stereocenters. The van der Waals surface area contributed by atoms with Crippen LogP contribution in [0.5, 0.6) is 5.75 Å². The molecule has 1 aliphatic carbocycles. The van der Waals surface area contributed by atoms with Crippen LogP contribution in [0.15, 0.2) is 54.1 Å². The Morgan fingerprint density at radius 2 is 1.52 bits per heavy atom. The number of amides is 1. The minimum Gasteiger partial charge on any atom is -0.382 e. The molecule has 1 amide bonds. The normalized spacial score (nSPS) is 12.5. The van der Waals surface area contributed by atoms with Crippen LogP contribution in [0, 0.1) is 0 Å². The van der Waals surface area contributed by atoms with Crippen molar-refractivity contribution < 1.29 is 9.63 Å². The molecule has 1 saturated carbocycles. The quantitative estimate of drug-likeness (QED) is 0.793. The van der Waals surface area contributed by atoms with Crippen molar-refractivity contribution in [3.8, 4) is 5.75 Å². The van der Waals surface area contributed by atoms with Gasteiger partial charge in [-0.05, 0) is 67.3 Å². The summed E-state index contributed by atoms with van der Waals surface area (Å²) in [6, 6.07) is 15.4. The molecule has 0 atom stereocenters. The lowest BCUT2D eigenvalue weighted by molar-refractivity contribution is -0.114. The third-order valence-corrected chi connectivity index (χ3v) is 3.81. The van der Waals surface area contributed by atoms with Crippen molar-refractivity contribution >= 4 is 22.9 Å². The van der Waals surface area contributed by atoms with Crippen LogP contribution in [0.2, 0.25) is 0 Å². The number of anilines is 2. The molecule has 2 aromatic carbocycles. The molecule has 0 saturated heterocycles. The van der Waals surface area contributed by atoms with Gasteiger partial charge in [-0.25, -0.2) is 5.48 Å². The fourth-order valence-corrected chi connectivity index (χ4v) is 2.36. The highest BCUT2D eigenvalue weighted by Gasteiger charge is 2.15. The van der Waals surface area contributed by atoms with E-state index in [1.54, 1.807) is 5.57 Å². The largest absolute Gasteiger partial charge is 0.382 e. The molecule has 0 aliphatic heterocycles. The van der Waals surface area contributed by atoms with E-state index in [0.717, 1.165) is 17.1 Å². The zero-order valence-electron chi connectivity index (χ0n) is 13.3. The van der Waals surface area contributed by atoms with Crippen LogP contribution in [0.25, 0.3) is 5.57 Å². The number of carbonyl (C=O) groups is 1. The molecule has 1 aliphatic rings. The van der Waals surface area contributed by atoms with Gasteiger partial charge in [0, 0.05) is 12.6 Å². The lowest BCUT2D eigenvalue weighted by atomic mass is 10.1. The van der Waals surface area contributed by atoms with Crippen molar-refractivity contribution in [1.82, 2.24) is 0 Å². The molecular weight excluding hydrogens is 288 g/mol. The van der Waals surface area contributed by atoms with Crippen LogP contribution in [0.1, 0.15) is 32.3 Å². The molecule has 0 bridgehead atoms. The number of hydrogen-bond acceptors (Lipinski definition) is 3. The van der Waals surface area contributed by atoms with Crippen molar-refractivity contribution in [3.63, 3.8) is 0 Å². The fraction of sp³-hybridized carbons (Fsp3) is 0.211. The monoisotopic (exact) mass is 308 g/mol. The number of rotatable bonds is 5. The third kappa shape index (κ3) is 4.13. The van der Waals surface area contributed by atoms with Gasteiger partial charge >= 0.3 is 0 Å². The summed E-state index contributed by atoms with van der Waals surface area (Å²) in [6.45, 7) is 3.66. The highest BCUT2D eigenvalue weighted by atomic mass is 16.6. The highest BCUT2D eigenvalue weighted by Crippen LogP contribution is 2.36. The van der Waals surface area contributed by atoms with Gasteiger partial charge in [-0.1, -0.05) is 17.7 Å². The first-order chi connectivity index (χ1) is 11.1. The lowest BCUT2D eigenvalue weighted by Crippen LogP contribution is -2.07. The average Bonchev–Trinajstić information content (AvgIpc) is 3.38. The van der Waals surface area contributed by atoms with Gasteiger partial charge in [0.05, 0.1) is 5.69 Å². The number of carbonyl (C=O) groups excluding carboxylic acids is 1. The molecule has 2 N–H and O–H groups in total. The zero-order chi connectivity index (χ0) is 16.2. The Morgan fingerprint density at radius 3 is 2.09 bits per heavy atom. The number of benzene rings is 2. The van der Waals surface area contributed by atoms with Crippen molar-refractivity contribution in [1.29, 1.82) is 0 Å². The molecule has 0 spiro atoms. The Labute approximate surface area is 136 Å². The maximum absolute atomic E-state index is 11.0. The molecule has 4 nitrogen and oxygen atoms in total. The van der Waals surface area contributed by atoms with Crippen molar-refractivity contribution in [2.24, 2.45) is 0 Å². The van der Waals surface area contributed by atoms with E-state index in [9.17, 15) is 4.79 Å². The summed E-state index contributed by atoms with van der Waals surface area (Å²) in [5.74, 6) is 0.673. The van der Waals surface area contributed by atoms with Crippen molar-refractivity contribution in [3.05, 3.63) is 59.7 Å². The van der Waals surface area contributed by atoms with E-state index in [2.05, 4.69) is 29.9 Å². The van der Waals surface area contributed by atoms with Crippen molar-refractivity contribution in [2.75, 3.05) is 10.8 Å². The smallest absolute Gasteiger partial charge is 0.221 e. The fourth-order valence-electron chi connectivity index (χ4n) is 2.36. The van der Waals surface area contributed by atoms with Crippen molar-refractivity contribution in [2.45, 2.75) is 26.7 Å². The molecule has 2 aromatic rings. The van der Waals surface area contributed by atoms with Crippen LogP contribution in [-0.4, -0.2) is 5.91 Å². The Balaban J connectivity index is 1.57. The second-order valence-corrected chi connectivity index (χ2v) is 5.72. The topological polar surface area (TPSA) is 50.4 Å². The molecular formula is C19H20N2O2. The van der Waals surface area contributed by atoms with E-state index in [0.29, 0.717) is 0 Å². The van der Waals surface area contributed by atoms with Gasteiger partial charge in [0.2, 0.25) is 5.91 Å². The second kappa shape index (κ2) is 6.57. The Bertz CT molecular complexity index is 725. The summed E-state index contributed by atoms with van der Waals surface area (Å²) in [4.78, 5) is 16.5. The van der Waals surface area contributed by atoms with Gasteiger partial charge in [-0.2, -0.15) is 0 Å². The van der Waals surface area contributed by atoms with Crippen LogP contribution in [0.3, 0.4) is 0 Å². The van der Waals surface area contributed by atoms with E-state index in [4.69, 9.17) is 4.84 Å². The van der Waals surface area contributed by atoms with Gasteiger partial charge in [0.1, 0.15) is 0 Å². The molecule has 4 heteroatoms. The number of allylic oxidation sites excluding steroid dienone is 2. The molecule has 118 valence electrons. The predicted molar refractivity (Wildman–Crippen MR) is 93.3 cm³/mol. The summed E-state index contributed by atoms with van der Waals surface area (Å²) >= 11 is 0. The maximum atomic E-state index is 11.0. The van der Waals surface area contributed by atoms with Gasteiger partial charge in [-0.15, -0.1) is 0 Å². The van der Waals surface area contributed by atoms with E-state index in [1.165, 1.54) is 30.9 Å². The Hall–Kier alpha value is -2.75. The second-order valence-electron chi connectivity index (χ2n) is 5.72. The average molecular weight is 308 g/mol. The minimum absolute atomic E-state index is 0.0847. The van der Waals surface area contributed by atoms with Crippen LogP contribution >= 0.6 is 0 Å². The van der Waals surface area contributed by atoms with Gasteiger partial charge in [-0.3, -0.25) is 4.79 Å². The van der Waals surface area contributed by atoms with Crippen LogP contribution < -0.4 is 15.6 Å². The molecule has 23 heavy (non-hydrogen) atoms. The first-order valence-electron chi connectivity index (χ1n) is 7.71. The van der Waals surface area contributed by atoms with E-state index < -0.39 is 0 Å². The summed E-state index contributed by atoms with van der Waals surface area (Å²) in [5.41, 5.74) is 8.67. The number of nitrogens with one attached hydrogen (secondary N) is 2. The predicted octanol–water partition coefficient (Wildman–Crippen LogP) is 4.62. The standard InChI is InChI=1S/C19H20N2O2/c1-13(15-3-4-15)16-5-11-19(12-6-16)23-21-18-9-7-17(8-10-18)20-14(2)22/h5-12,21H,3-4H2,1-2H3,(H,20,22). The molecule has 3 rings (SSSR count). The molecule has 0 heterocycles. The highest BCUT2D eigenvalue weighted by molar-refractivity contribution is 5.88. The summed E-state index contributed by atoms with van der Waals surface area (Å²) in [7, 11) is 0. The molecule has 0 radical (unpaired) electrons. The Kier molecular flexibility index (Phi) is 4.33. The first kappa shape index (κ1) is 15.2. The van der Waals surface area contributed by atoms with Gasteiger partial charge < -0.3 is 10.2 Å². The van der Waals surface area contributed by atoms with Crippen LogP contribution in [0.4, 0.5) is 11.4 Å². The number of hydrogen-bond donors (Lipinski definition) is 2. The Morgan fingerprint density at radius 1 is 0.913 bits per heavy atom.